The summed E-state index contributed by atoms with van der Waals surface area (Å²) in [5, 5.41) is 0.377. The van der Waals surface area contributed by atoms with Gasteiger partial charge in [-0.1, -0.05) is 11.6 Å². The molecule has 5 heteroatoms. The van der Waals surface area contributed by atoms with Crippen LogP contribution in [0.3, 0.4) is 0 Å². The number of halogens is 1. The number of aromatic nitrogens is 1. The molecular formula is C15H15ClN2O2. The van der Waals surface area contributed by atoms with Gasteiger partial charge in [0.2, 0.25) is 0 Å². The van der Waals surface area contributed by atoms with Crippen molar-refractivity contribution in [1.29, 1.82) is 0 Å². The third-order valence-electron chi connectivity index (χ3n) is 2.58. The molecule has 0 amide bonds. The lowest BCUT2D eigenvalue weighted by Crippen LogP contribution is -1.96. The molecule has 0 spiro atoms. The van der Waals surface area contributed by atoms with Crippen LogP contribution >= 0.6 is 11.6 Å². The Balaban J connectivity index is 2.24. The Hall–Kier alpha value is -2.07. The van der Waals surface area contributed by atoms with Crippen LogP contribution in [0.2, 0.25) is 5.15 Å². The molecule has 0 aliphatic rings. The van der Waals surface area contributed by atoms with Crippen molar-refractivity contribution >= 4 is 23.5 Å². The van der Waals surface area contributed by atoms with Crippen LogP contribution in [0, 0.1) is 0 Å². The predicted molar refractivity (Wildman–Crippen MR) is 80.7 cm³/mol. The van der Waals surface area contributed by atoms with Gasteiger partial charge in [0.1, 0.15) is 5.69 Å². The fourth-order valence-corrected chi connectivity index (χ4v) is 1.83. The van der Waals surface area contributed by atoms with Crippen LogP contribution < -0.4 is 9.47 Å². The topological polar surface area (TPSA) is 43.7 Å². The summed E-state index contributed by atoms with van der Waals surface area (Å²) in [6.07, 6.45) is 3.34. The number of methoxy groups -OCH3 is 1. The summed E-state index contributed by atoms with van der Waals surface area (Å²) in [6, 6.07) is 9.21. The van der Waals surface area contributed by atoms with Gasteiger partial charge in [0.25, 0.3) is 0 Å². The minimum Gasteiger partial charge on any atom is -0.493 e. The van der Waals surface area contributed by atoms with E-state index in [-0.39, 0.29) is 0 Å². The van der Waals surface area contributed by atoms with Crippen molar-refractivity contribution in [2.75, 3.05) is 13.7 Å². The van der Waals surface area contributed by atoms with Crippen molar-refractivity contribution in [3.8, 4) is 11.5 Å². The molecule has 1 aromatic carbocycles. The van der Waals surface area contributed by atoms with Crippen molar-refractivity contribution in [2.24, 2.45) is 4.99 Å². The first-order valence-electron chi connectivity index (χ1n) is 6.20. The molecule has 0 atom stereocenters. The van der Waals surface area contributed by atoms with Crippen molar-refractivity contribution in [1.82, 2.24) is 4.98 Å². The highest BCUT2D eigenvalue weighted by Gasteiger charge is 2.04. The number of pyridine rings is 1. The Morgan fingerprint density at radius 3 is 2.85 bits per heavy atom. The van der Waals surface area contributed by atoms with E-state index in [0.29, 0.717) is 28.9 Å². The number of nitrogens with zero attached hydrogens (tertiary/aromatic N) is 2. The third-order valence-corrected chi connectivity index (χ3v) is 2.87. The van der Waals surface area contributed by atoms with E-state index < -0.39 is 0 Å². The summed E-state index contributed by atoms with van der Waals surface area (Å²) in [7, 11) is 1.61. The number of hydrogen-bond donors (Lipinski definition) is 0. The molecule has 0 aliphatic heterocycles. The van der Waals surface area contributed by atoms with Gasteiger partial charge in [0.05, 0.1) is 13.7 Å². The maximum Gasteiger partial charge on any atom is 0.161 e. The molecule has 4 nitrogen and oxygen atoms in total. The van der Waals surface area contributed by atoms with E-state index in [1.165, 1.54) is 0 Å². The zero-order valence-electron chi connectivity index (χ0n) is 11.3. The normalized spacial score (nSPS) is 10.8. The van der Waals surface area contributed by atoms with Crippen LogP contribution in [-0.4, -0.2) is 24.9 Å². The van der Waals surface area contributed by atoms with Crippen LogP contribution in [-0.2, 0) is 0 Å². The van der Waals surface area contributed by atoms with Crippen molar-refractivity contribution in [3.63, 3.8) is 0 Å². The average Bonchev–Trinajstić information content (AvgIpc) is 2.48. The van der Waals surface area contributed by atoms with Crippen molar-refractivity contribution in [3.05, 3.63) is 47.2 Å². The smallest absolute Gasteiger partial charge is 0.161 e. The molecule has 0 saturated heterocycles. The number of rotatable bonds is 5. The molecule has 0 fully saturated rings. The minimum atomic E-state index is 0.377. The highest BCUT2D eigenvalue weighted by molar-refractivity contribution is 6.31. The molecule has 20 heavy (non-hydrogen) atoms. The van der Waals surface area contributed by atoms with Gasteiger partial charge in [-0.2, -0.15) is 0 Å². The van der Waals surface area contributed by atoms with Gasteiger partial charge in [-0.15, -0.1) is 0 Å². The van der Waals surface area contributed by atoms with Crippen LogP contribution in [0.25, 0.3) is 0 Å². The molecule has 0 saturated carbocycles. The van der Waals surface area contributed by atoms with Crippen LogP contribution in [0.15, 0.2) is 41.5 Å². The van der Waals surface area contributed by atoms with Crippen LogP contribution in [0.1, 0.15) is 12.5 Å². The highest BCUT2D eigenvalue weighted by Crippen LogP contribution is 2.28. The number of aliphatic imine (C=N–C) groups is 1. The van der Waals surface area contributed by atoms with Gasteiger partial charge < -0.3 is 9.47 Å². The van der Waals surface area contributed by atoms with Gasteiger partial charge in [0, 0.05) is 12.4 Å². The van der Waals surface area contributed by atoms with E-state index in [4.69, 9.17) is 21.1 Å². The molecule has 0 bridgehead atoms. The second-order valence-corrected chi connectivity index (χ2v) is 4.27. The number of benzene rings is 1. The zero-order valence-corrected chi connectivity index (χ0v) is 12.1. The lowest BCUT2D eigenvalue weighted by molar-refractivity contribution is 0.311. The first-order chi connectivity index (χ1) is 9.74. The lowest BCUT2D eigenvalue weighted by Gasteiger charge is -2.09. The van der Waals surface area contributed by atoms with Gasteiger partial charge in [-0.25, -0.2) is 4.98 Å². The van der Waals surface area contributed by atoms with Crippen LogP contribution in [0.4, 0.5) is 5.69 Å². The molecule has 2 aromatic rings. The first-order valence-corrected chi connectivity index (χ1v) is 6.57. The van der Waals surface area contributed by atoms with E-state index in [9.17, 15) is 0 Å². The monoisotopic (exact) mass is 290 g/mol. The van der Waals surface area contributed by atoms with Gasteiger partial charge in [0.15, 0.2) is 16.7 Å². The molecule has 0 N–H and O–H groups in total. The second-order valence-electron chi connectivity index (χ2n) is 3.91. The van der Waals surface area contributed by atoms with E-state index in [2.05, 4.69) is 9.98 Å². The Bertz CT molecular complexity index is 615. The summed E-state index contributed by atoms with van der Waals surface area (Å²) < 4.78 is 10.8. The Morgan fingerprint density at radius 1 is 1.30 bits per heavy atom. The molecular weight excluding hydrogens is 276 g/mol. The summed E-state index contributed by atoms with van der Waals surface area (Å²) >= 11 is 5.95. The molecule has 2 rings (SSSR count). The molecule has 104 valence electrons. The minimum absolute atomic E-state index is 0.377. The van der Waals surface area contributed by atoms with Gasteiger partial charge in [-0.3, -0.25) is 4.99 Å². The molecule has 1 aromatic heterocycles. The van der Waals surface area contributed by atoms with Gasteiger partial charge in [-0.05, 0) is 42.8 Å². The molecule has 1 heterocycles. The zero-order chi connectivity index (χ0) is 14.4. The maximum atomic E-state index is 5.95. The summed E-state index contributed by atoms with van der Waals surface area (Å²) in [4.78, 5) is 8.28. The van der Waals surface area contributed by atoms with E-state index in [0.717, 1.165) is 5.56 Å². The average molecular weight is 291 g/mol. The Kier molecular flexibility index (Phi) is 4.96. The Labute approximate surface area is 123 Å². The van der Waals surface area contributed by atoms with Crippen LogP contribution in [0.5, 0.6) is 11.5 Å². The summed E-state index contributed by atoms with van der Waals surface area (Å²) in [5.74, 6) is 1.39. The molecule has 0 aliphatic carbocycles. The van der Waals surface area contributed by atoms with E-state index >= 15 is 0 Å². The molecule has 0 radical (unpaired) electrons. The SMILES string of the molecule is CCOc1ccc(C=Nc2cccnc2Cl)cc1OC. The third kappa shape index (κ3) is 3.48. The summed E-state index contributed by atoms with van der Waals surface area (Å²) in [6.45, 7) is 2.52. The van der Waals surface area contributed by atoms with Crippen molar-refractivity contribution < 1.29 is 9.47 Å². The van der Waals surface area contributed by atoms with Gasteiger partial charge >= 0.3 is 0 Å². The standard InChI is InChI=1S/C15H15ClN2O2/c1-3-20-13-7-6-11(9-14(13)19-2)10-18-12-5-4-8-17-15(12)16/h4-10H,3H2,1-2H3. The first kappa shape index (κ1) is 14.3. The predicted octanol–water partition coefficient (Wildman–Crippen LogP) is 3.89. The highest BCUT2D eigenvalue weighted by atomic mass is 35.5. The molecule has 0 unspecified atom stereocenters. The summed E-state index contributed by atoms with van der Waals surface area (Å²) in [5.41, 5.74) is 1.52. The lowest BCUT2D eigenvalue weighted by atomic mass is 10.2. The Morgan fingerprint density at radius 2 is 2.15 bits per heavy atom. The number of ether oxygens (including phenoxy) is 2. The van der Waals surface area contributed by atoms with Crippen molar-refractivity contribution in [2.45, 2.75) is 6.92 Å². The number of hydrogen-bond acceptors (Lipinski definition) is 4. The second kappa shape index (κ2) is 6.91. The largest absolute Gasteiger partial charge is 0.493 e. The van der Waals surface area contributed by atoms with E-state index in [1.807, 2.05) is 25.1 Å². The fourth-order valence-electron chi connectivity index (χ4n) is 1.66. The maximum absolute atomic E-state index is 5.95. The quantitative estimate of drug-likeness (QED) is 0.620. The van der Waals surface area contributed by atoms with E-state index in [1.54, 1.807) is 31.7 Å². The fraction of sp³-hybridized carbons (Fsp3) is 0.200.